The number of hydrogen-bond donors (Lipinski definition) is 2. The molecule has 5 heteroatoms. The van der Waals surface area contributed by atoms with Crippen LogP contribution in [-0.4, -0.2) is 17.6 Å². The third kappa shape index (κ3) is 4.33. The first kappa shape index (κ1) is 16.9. The summed E-state index contributed by atoms with van der Waals surface area (Å²) in [4.78, 5) is 12.3. The number of fused-ring (bicyclic) bond motifs is 1. The smallest absolute Gasteiger partial charge is 0.257 e. The molecule has 2 N–H and O–H groups in total. The van der Waals surface area contributed by atoms with Gasteiger partial charge in [0.05, 0.1) is 6.61 Å². The summed E-state index contributed by atoms with van der Waals surface area (Å²) < 4.78 is 5.41. The van der Waals surface area contributed by atoms with Gasteiger partial charge in [0.15, 0.2) is 5.11 Å². The molecule has 0 unspecified atom stereocenters. The highest BCUT2D eigenvalue weighted by atomic mass is 32.1. The minimum atomic E-state index is -0.278. The second-order valence-corrected chi connectivity index (χ2v) is 5.84. The summed E-state index contributed by atoms with van der Waals surface area (Å²) in [5.74, 6) is 0.378. The van der Waals surface area contributed by atoms with Gasteiger partial charge in [-0.3, -0.25) is 10.1 Å². The predicted molar refractivity (Wildman–Crippen MR) is 105 cm³/mol. The number of benzene rings is 3. The summed E-state index contributed by atoms with van der Waals surface area (Å²) in [5.41, 5.74) is 1.32. The Bertz CT molecular complexity index is 924. The van der Waals surface area contributed by atoms with Crippen molar-refractivity contribution >= 4 is 39.7 Å². The molecule has 0 bridgehead atoms. The standard InChI is InChI=1S/C20H18N2O2S/c1-2-24-18-9-5-8-16(13-18)19(23)22-20(25)21-17-11-10-14-6-3-4-7-15(14)12-17/h3-13H,2H2,1H3,(H2,21,22,23,25). The maximum atomic E-state index is 12.3. The number of carbonyl (C=O) groups is 1. The van der Waals surface area contributed by atoms with Crippen LogP contribution in [-0.2, 0) is 0 Å². The lowest BCUT2D eigenvalue weighted by Gasteiger charge is -2.11. The highest BCUT2D eigenvalue weighted by Gasteiger charge is 2.09. The molecule has 126 valence electrons. The zero-order chi connectivity index (χ0) is 17.6. The van der Waals surface area contributed by atoms with Crippen molar-refractivity contribution in [2.75, 3.05) is 11.9 Å². The summed E-state index contributed by atoms with van der Waals surface area (Å²) in [5, 5.41) is 8.23. The summed E-state index contributed by atoms with van der Waals surface area (Å²) in [6, 6.07) is 21.0. The number of ether oxygens (including phenoxy) is 1. The molecule has 0 spiro atoms. The van der Waals surface area contributed by atoms with Crippen LogP contribution in [0.25, 0.3) is 10.8 Å². The van der Waals surface area contributed by atoms with E-state index in [0.717, 1.165) is 16.5 Å². The maximum absolute atomic E-state index is 12.3. The molecule has 0 aromatic heterocycles. The van der Waals surface area contributed by atoms with Crippen molar-refractivity contribution in [1.82, 2.24) is 5.32 Å². The molecule has 0 radical (unpaired) electrons. The molecule has 0 aliphatic heterocycles. The highest BCUT2D eigenvalue weighted by Crippen LogP contribution is 2.19. The Morgan fingerprint density at radius 3 is 2.60 bits per heavy atom. The molecule has 4 nitrogen and oxygen atoms in total. The van der Waals surface area contributed by atoms with E-state index in [1.54, 1.807) is 18.2 Å². The van der Waals surface area contributed by atoms with Crippen molar-refractivity contribution in [3.8, 4) is 5.75 Å². The van der Waals surface area contributed by atoms with Gasteiger partial charge in [0.25, 0.3) is 5.91 Å². The molecule has 1 amide bonds. The number of rotatable bonds is 4. The Morgan fingerprint density at radius 1 is 1.00 bits per heavy atom. The van der Waals surface area contributed by atoms with Crippen molar-refractivity contribution in [2.24, 2.45) is 0 Å². The Hall–Kier alpha value is -2.92. The highest BCUT2D eigenvalue weighted by molar-refractivity contribution is 7.80. The quantitative estimate of drug-likeness (QED) is 0.686. The van der Waals surface area contributed by atoms with Crippen molar-refractivity contribution in [3.63, 3.8) is 0 Å². The van der Waals surface area contributed by atoms with E-state index in [0.29, 0.717) is 17.9 Å². The second kappa shape index (κ2) is 7.77. The average molecular weight is 350 g/mol. The normalized spacial score (nSPS) is 10.3. The molecule has 3 aromatic carbocycles. The third-order valence-electron chi connectivity index (χ3n) is 3.64. The van der Waals surface area contributed by atoms with Gasteiger partial charge in [0.1, 0.15) is 5.75 Å². The van der Waals surface area contributed by atoms with Gasteiger partial charge in [-0.25, -0.2) is 0 Å². The van der Waals surface area contributed by atoms with Crippen LogP contribution in [0.1, 0.15) is 17.3 Å². The van der Waals surface area contributed by atoms with Crippen molar-refractivity contribution in [2.45, 2.75) is 6.92 Å². The van der Waals surface area contributed by atoms with E-state index in [9.17, 15) is 4.79 Å². The van der Waals surface area contributed by atoms with Gasteiger partial charge in [-0.05, 0) is 60.2 Å². The first-order valence-corrected chi connectivity index (χ1v) is 8.40. The number of thiocarbonyl (C=S) groups is 1. The van der Waals surface area contributed by atoms with Crippen LogP contribution >= 0.6 is 12.2 Å². The minimum Gasteiger partial charge on any atom is -0.494 e. The lowest BCUT2D eigenvalue weighted by Crippen LogP contribution is -2.34. The van der Waals surface area contributed by atoms with E-state index < -0.39 is 0 Å². The lowest BCUT2D eigenvalue weighted by molar-refractivity contribution is 0.0977. The lowest BCUT2D eigenvalue weighted by atomic mass is 10.1. The number of amides is 1. The number of nitrogens with one attached hydrogen (secondary N) is 2. The average Bonchev–Trinajstić information content (AvgIpc) is 2.62. The fourth-order valence-electron chi connectivity index (χ4n) is 2.50. The van der Waals surface area contributed by atoms with Crippen molar-refractivity contribution in [1.29, 1.82) is 0 Å². The van der Waals surface area contributed by atoms with Crippen LogP contribution in [0.3, 0.4) is 0 Å². The SMILES string of the molecule is CCOc1cccc(C(=O)NC(=S)Nc2ccc3ccccc3c2)c1. The first-order valence-electron chi connectivity index (χ1n) is 7.99. The zero-order valence-electron chi connectivity index (χ0n) is 13.8. The van der Waals surface area contributed by atoms with Crippen LogP contribution in [0.2, 0.25) is 0 Å². The second-order valence-electron chi connectivity index (χ2n) is 5.43. The third-order valence-corrected chi connectivity index (χ3v) is 3.85. The summed E-state index contributed by atoms with van der Waals surface area (Å²) in [6.45, 7) is 2.45. The summed E-state index contributed by atoms with van der Waals surface area (Å²) in [7, 11) is 0. The van der Waals surface area contributed by atoms with Crippen LogP contribution in [0.4, 0.5) is 5.69 Å². The van der Waals surface area contributed by atoms with E-state index in [4.69, 9.17) is 17.0 Å². The number of anilines is 1. The topological polar surface area (TPSA) is 50.4 Å². The van der Waals surface area contributed by atoms with Crippen LogP contribution in [0.5, 0.6) is 5.75 Å². The molecule has 3 aromatic rings. The Morgan fingerprint density at radius 2 is 1.80 bits per heavy atom. The van der Waals surface area contributed by atoms with Crippen LogP contribution in [0.15, 0.2) is 66.7 Å². The van der Waals surface area contributed by atoms with Gasteiger partial charge >= 0.3 is 0 Å². The molecule has 0 saturated carbocycles. The van der Waals surface area contributed by atoms with Crippen LogP contribution < -0.4 is 15.4 Å². The molecular formula is C20H18N2O2S. The number of carbonyl (C=O) groups excluding carboxylic acids is 1. The van der Waals surface area contributed by atoms with Gasteiger partial charge < -0.3 is 10.1 Å². The summed E-state index contributed by atoms with van der Waals surface area (Å²) >= 11 is 5.24. The Balaban J connectivity index is 1.66. The Kier molecular flexibility index (Phi) is 5.26. The van der Waals surface area contributed by atoms with Gasteiger partial charge in [-0.1, -0.05) is 36.4 Å². The van der Waals surface area contributed by atoms with Gasteiger partial charge in [-0.2, -0.15) is 0 Å². The predicted octanol–water partition coefficient (Wildman–Crippen LogP) is 4.37. The van der Waals surface area contributed by atoms with Gasteiger partial charge in [0, 0.05) is 11.3 Å². The summed E-state index contributed by atoms with van der Waals surface area (Å²) in [6.07, 6.45) is 0. The van der Waals surface area contributed by atoms with Crippen LogP contribution in [0, 0.1) is 0 Å². The van der Waals surface area contributed by atoms with E-state index >= 15 is 0 Å². The number of hydrogen-bond acceptors (Lipinski definition) is 3. The van der Waals surface area contributed by atoms with Crippen molar-refractivity contribution in [3.05, 3.63) is 72.3 Å². The Labute approximate surface area is 151 Å². The monoisotopic (exact) mass is 350 g/mol. The molecule has 25 heavy (non-hydrogen) atoms. The fraction of sp³-hybridized carbons (Fsp3) is 0.100. The first-order chi connectivity index (χ1) is 12.2. The van der Waals surface area contributed by atoms with E-state index in [-0.39, 0.29) is 11.0 Å². The van der Waals surface area contributed by atoms with E-state index in [1.807, 2.05) is 55.5 Å². The fourth-order valence-corrected chi connectivity index (χ4v) is 2.71. The molecule has 0 aliphatic rings. The van der Waals surface area contributed by atoms with Gasteiger partial charge in [-0.15, -0.1) is 0 Å². The zero-order valence-corrected chi connectivity index (χ0v) is 14.6. The maximum Gasteiger partial charge on any atom is 0.257 e. The largest absolute Gasteiger partial charge is 0.494 e. The molecule has 0 heterocycles. The molecule has 0 saturated heterocycles. The molecule has 3 rings (SSSR count). The molecule has 0 fully saturated rings. The molecule has 0 atom stereocenters. The minimum absolute atomic E-state index is 0.252. The van der Waals surface area contributed by atoms with E-state index in [1.165, 1.54) is 0 Å². The van der Waals surface area contributed by atoms with Crippen molar-refractivity contribution < 1.29 is 9.53 Å². The molecular weight excluding hydrogens is 332 g/mol. The van der Waals surface area contributed by atoms with Gasteiger partial charge in [0.2, 0.25) is 0 Å². The van der Waals surface area contributed by atoms with E-state index in [2.05, 4.69) is 10.6 Å². The molecule has 0 aliphatic carbocycles.